The minimum Gasteiger partial charge on any atom is -0.382 e. The predicted octanol–water partition coefficient (Wildman–Crippen LogP) is 4.26. The number of piperidine rings is 1. The summed E-state index contributed by atoms with van der Waals surface area (Å²) in [5, 5.41) is 3.26. The van der Waals surface area contributed by atoms with Gasteiger partial charge in [0.15, 0.2) is 0 Å². The van der Waals surface area contributed by atoms with Crippen molar-refractivity contribution in [1.82, 2.24) is 4.90 Å². The molecule has 0 amide bonds. The van der Waals surface area contributed by atoms with E-state index in [4.69, 9.17) is 11.6 Å². The van der Waals surface area contributed by atoms with E-state index in [1.807, 2.05) is 0 Å². The maximum atomic E-state index is 12.5. The number of benzene rings is 1. The van der Waals surface area contributed by atoms with E-state index < -0.39 is 11.7 Å². The number of hydrogen-bond acceptors (Lipinski definition) is 2. The summed E-state index contributed by atoms with van der Waals surface area (Å²) in [5.74, 6) is 0. The number of anilines is 1. The highest BCUT2D eigenvalue weighted by Gasteiger charge is 2.31. The van der Waals surface area contributed by atoms with Crippen molar-refractivity contribution < 1.29 is 13.2 Å². The van der Waals surface area contributed by atoms with Crippen LogP contribution in [0.15, 0.2) is 18.2 Å². The highest BCUT2D eigenvalue weighted by atomic mass is 35.5. The SMILES string of the molecule is CN1CCCCC1CNc1ccc(C(F)(F)F)cc1Cl. The van der Waals surface area contributed by atoms with Crippen molar-refractivity contribution in [3.05, 3.63) is 28.8 Å². The first-order valence-electron chi connectivity index (χ1n) is 6.69. The largest absolute Gasteiger partial charge is 0.416 e. The number of nitrogens with zero attached hydrogens (tertiary/aromatic N) is 1. The normalized spacial score (nSPS) is 20.9. The average Bonchev–Trinajstić information content (AvgIpc) is 2.38. The van der Waals surface area contributed by atoms with E-state index in [-0.39, 0.29) is 5.02 Å². The molecule has 20 heavy (non-hydrogen) atoms. The molecule has 0 radical (unpaired) electrons. The lowest BCUT2D eigenvalue weighted by atomic mass is 10.0. The molecule has 1 aromatic rings. The molecule has 1 aliphatic rings. The standard InChI is InChI=1S/C14H18ClF3N2/c1-20-7-3-2-4-11(20)9-19-13-6-5-10(8-12(13)15)14(16,17)18/h5-6,8,11,19H,2-4,7,9H2,1H3. The van der Waals surface area contributed by atoms with Gasteiger partial charge < -0.3 is 10.2 Å². The average molecular weight is 307 g/mol. The van der Waals surface area contributed by atoms with Gasteiger partial charge in [0.05, 0.1) is 16.3 Å². The van der Waals surface area contributed by atoms with Crippen molar-refractivity contribution in [2.24, 2.45) is 0 Å². The second-order valence-electron chi connectivity index (χ2n) is 5.20. The Kier molecular flexibility index (Phi) is 4.81. The molecule has 0 aliphatic carbocycles. The van der Waals surface area contributed by atoms with Gasteiger partial charge in [-0.3, -0.25) is 0 Å². The third kappa shape index (κ3) is 3.79. The number of nitrogens with one attached hydrogen (secondary N) is 1. The first-order chi connectivity index (χ1) is 9.38. The maximum absolute atomic E-state index is 12.5. The Morgan fingerprint density at radius 1 is 1.35 bits per heavy atom. The van der Waals surface area contributed by atoms with Crippen molar-refractivity contribution >= 4 is 17.3 Å². The lowest BCUT2D eigenvalue weighted by molar-refractivity contribution is -0.137. The fraction of sp³-hybridized carbons (Fsp3) is 0.571. The van der Waals surface area contributed by atoms with E-state index in [0.29, 0.717) is 18.3 Å². The van der Waals surface area contributed by atoms with E-state index in [1.165, 1.54) is 18.9 Å². The minimum absolute atomic E-state index is 0.110. The van der Waals surface area contributed by atoms with Gasteiger partial charge in [0.25, 0.3) is 0 Å². The van der Waals surface area contributed by atoms with Crippen LogP contribution in [0, 0.1) is 0 Å². The molecule has 1 atom stereocenters. The summed E-state index contributed by atoms with van der Waals surface area (Å²) < 4.78 is 37.6. The van der Waals surface area contributed by atoms with E-state index in [1.54, 1.807) is 0 Å². The Hall–Kier alpha value is -0.940. The fourth-order valence-electron chi connectivity index (χ4n) is 2.46. The number of rotatable bonds is 3. The van der Waals surface area contributed by atoms with Crippen LogP contribution in [-0.4, -0.2) is 31.1 Å². The number of halogens is 4. The molecule has 1 unspecified atom stereocenters. The van der Waals surface area contributed by atoms with Crippen LogP contribution < -0.4 is 5.32 Å². The predicted molar refractivity (Wildman–Crippen MR) is 75.2 cm³/mol. The van der Waals surface area contributed by atoms with Crippen molar-refractivity contribution in [3.63, 3.8) is 0 Å². The smallest absolute Gasteiger partial charge is 0.382 e. The number of hydrogen-bond donors (Lipinski definition) is 1. The summed E-state index contributed by atoms with van der Waals surface area (Å²) >= 11 is 5.91. The Labute approximate surface area is 121 Å². The Bertz CT molecular complexity index is 462. The van der Waals surface area contributed by atoms with E-state index in [9.17, 15) is 13.2 Å². The summed E-state index contributed by atoms with van der Waals surface area (Å²) in [6, 6.07) is 3.82. The zero-order chi connectivity index (χ0) is 14.8. The van der Waals surface area contributed by atoms with Crippen LogP contribution in [0.1, 0.15) is 24.8 Å². The summed E-state index contributed by atoms with van der Waals surface area (Å²) in [6.07, 6.45) is -0.862. The molecular weight excluding hydrogens is 289 g/mol. The van der Waals surface area contributed by atoms with Gasteiger partial charge in [-0.05, 0) is 44.6 Å². The topological polar surface area (TPSA) is 15.3 Å². The molecule has 1 saturated heterocycles. The van der Waals surface area contributed by atoms with Crippen molar-refractivity contribution in [2.45, 2.75) is 31.5 Å². The Morgan fingerprint density at radius 2 is 2.10 bits per heavy atom. The molecular formula is C14H18ClF3N2. The molecule has 6 heteroatoms. The fourth-order valence-corrected chi connectivity index (χ4v) is 2.71. The zero-order valence-electron chi connectivity index (χ0n) is 11.3. The molecule has 2 rings (SSSR count). The Morgan fingerprint density at radius 3 is 2.70 bits per heavy atom. The highest BCUT2D eigenvalue weighted by molar-refractivity contribution is 6.33. The van der Waals surface area contributed by atoms with Crippen LogP contribution in [0.25, 0.3) is 0 Å². The molecule has 1 fully saturated rings. The summed E-state index contributed by atoms with van der Waals surface area (Å²) in [5.41, 5.74) is -0.165. The van der Waals surface area contributed by atoms with Crippen molar-refractivity contribution in [2.75, 3.05) is 25.5 Å². The van der Waals surface area contributed by atoms with Gasteiger partial charge in [-0.15, -0.1) is 0 Å². The minimum atomic E-state index is -4.36. The molecule has 1 aromatic carbocycles. The number of likely N-dealkylation sites (N-methyl/N-ethyl adjacent to an activating group) is 1. The van der Waals surface area contributed by atoms with Gasteiger partial charge in [0.1, 0.15) is 0 Å². The van der Waals surface area contributed by atoms with Gasteiger partial charge in [-0.25, -0.2) is 0 Å². The lowest BCUT2D eigenvalue weighted by Gasteiger charge is -2.32. The van der Waals surface area contributed by atoms with Crippen LogP contribution >= 0.6 is 11.6 Å². The monoisotopic (exact) mass is 306 g/mol. The second kappa shape index (κ2) is 6.22. The second-order valence-corrected chi connectivity index (χ2v) is 5.61. The molecule has 0 bridgehead atoms. The zero-order valence-corrected chi connectivity index (χ0v) is 12.1. The molecule has 112 valence electrons. The molecule has 2 nitrogen and oxygen atoms in total. The van der Waals surface area contributed by atoms with E-state index >= 15 is 0 Å². The van der Waals surface area contributed by atoms with Crippen LogP contribution in [0.3, 0.4) is 0 Å². The molecule has 0 aromatic heterocycles. The lowest BCUT2D eigenvalue weighted by Crippen LogP contribution is -2.40. The van der Waals surface area contributed by atoms with E-state index in [0.717, 1.165) is 25.1 Å². The molecule has 0 spiro atoms. The van der Waals surface area contributed by atoms with Crippen LogP contribution in [0.2, 0.25) is 5.02 Å². The molecule has 0 saturated carbocycles. The molecule has 1 heterocycles. The van der Waals surface area contributed by atoms with Crippen molar-refractivity contribution in [3.8, 4) is 0 Å². The van der Waals surface area contributed by atoms with Crippen molar-refractivity contribution in [1.29, 1.82) is 0 Å². The molecule has 1 N–H and O–H groups in total. The van der Waals surface area contributed by atoms with Crippen LogP contribution in [0.5, 0.6) is 0 Å². The first kappa shape index (κ1) is 15.4. The van der Waals surface area contributed by atoms with Gasteiger partial charge in [0.2, 0.25) is 0 Å². The number of likely N-dealkylation sites (tertiary alicyclic amines) is 1. The van der Waals surface area contributed by atoms with Gasteiger partial charge in [0, 0.05) is 12.6 Å². The van der Waals surface area contributed by atoms with E-state index in [2.05, 4.69) is 17.3 Å². The summed E-state index contributed by atoms with van der Waals surface area (Å²) in [4.78, 5) is 2.27. The quantitative estimate of drug-likeness (QED) is 0.898. The third-order valence-corrected chi connectivity index (χ3v) is 4.06. The maximum Gasteiger partial charge on any atom is 0.416 e. The van der Waals surface area contributed by atoms with Crippen LogP contribution in [-0.2, 0) is 6.18 Å². The Balaban J connectivity index is 1.99. The van der Waals surface area contributed by atoms with Crippen LogP contribution in [0.4, 0.5) is 18.9 Å². The molecule has 1 aliphatic heterocycles. The summed E-state index contributed by atoms with van der Waals surface area (Å²) in [6.45, 7) is 1.76. The number of alkyl halides is 3. The first-order valence-corrected chi connectivity index (χ1v) is 7.06. The van der Waals surface area contributed by atoms with Gasteiger partial charge in [-0.2, -0.15) is 13.2 Å². The highest BCUT2D eigenvalue weighted by Crippen LogP contribution is 2.33. The van der Waals surface area contributed by atoms with Gasteiger partial charge >= 0.3 is 6.18 Å². The third-order valence-electron chi connectivity index (χ3n) is 3.75. The van der Waals surface area contributed by atoms with Gasteiger partial charge in [-0.1, -0.05) is 18.0 Å². The summed E-state index contributed by atoms with van der Waals surface area (Å²) in [7, 11) is 2.07.